The molecule has 1 aliphatic carbocycles. The maximum atomic E-state index is 13.1. The minimum Gasteiger partial charge on any atom is -0.389 e. The first-order valence-electron chi connectivity index (χ1n) is 11.0. The zero-order valence-corrected chi connectivity index (χ0v) is 18.0. The van der Waals surface area contributed by atoms with Crippen LogP contribution in [0.15, 0.2) is 55.0 Å². The predicted molar refractivity (Wildman–Crippen MR) is 123 cm³/mol. The Morgan fingerprint density at radius 2 is 1.94 bits per heavy atom. The van der Waals surface area contributed by atoms with Crippen LogP contribution in [0.2, 0.25) is 0 Å². The fourth-order valence-electron chi connectivity index (χ4n) is 4.26. The molecule has 2 aromatic heterocycles. The van der Waals surface area contributed by atoms with Gasteiger partial charge in [0.2, 0.25) is 0 Å². The van der Waals surface area contributed by atoms with Gasteiger partial charge in [0.15, 0.2) is 11.5 Å². The fraction of sp³-hybridized carbons (Fsp3) is 0.333. The monoisotopic (exact) mass is 446 g/mol. The number of anilines is 2. The van der Waals surface area contributed by atoms with Crippen molar-refractivity contribution < 1.29 is 14.6 Å². The van der Waals surface area contributed by atoms with E-state index in [1.165, 1.54) is 6.20 Å². The van der Waals surface area contributed by atoms with Crippen molar-refractivity contribution in [3.05, 3.63) is 66.2 Å². The summed E-state index contributed by atoms with van der Waals surface area (Å²) in [5.41, 5.74) is 14.8. The lowest BCUT2D eigenvalue weighted by molar-refractivity contribution is -0.136. The van der Waals surface area contributed by atoms with Gasteiger partial charge in [0.25, 0.3) is 5.91 Å². The van der Waals surface area contributed by atoms with Gasteiger partial charge < -0.3 is 26.6 Å². The molecule has 1 aromatic carbocycles. The highest BCUT2D eigenvalue weighted by atomic mass is 16.5. The summed E-state index contributed by atoms with van der Waals surface area (Å²) in [5.74, 6) is -0.138. The van der Waals surface area contributed by atoms with E-state index < -0.39 is 18.1 Å². The van der Waals surface area contributed by atoms with Crippen LogP contribution in [0.25, 0.3) is 11.3 Å². The summed E-state index contributed by atoms with van der Waals surface area (Å²) in [6.45, 7) is 0. The molecule has 6 N–H and O–H groups in total. The van der Waals surface area contributed by atoms with E-state index in [0.29, 0.717) is 23.7 Å². The molecule has 1 aliphatic heterocycles. The summed E-state index contributed by atoms with van der Waals surface area (Å²) in [5, 5.41) is 13.3. The average Bonchev–Trinajstić information content (AvgIpc) is 3.67. The van der Waals surface area contributed by atoms with E-state index in [0.717, 1.165) is 24.0 Å². The third-order valence-electron chi connectivity index (χ3n) is 6.20. The molecule has 0 spiro atoms. The maximum absolute atomic E-state index is 13.1. The van der Waals surface area contributed by atoms with E-state index in [4.69, 9.17) is 16.2 Å². The highest BCUT2D eigenvalue weighted by Crippen LogP contribution is 2.43. The summed E-state index contributed by atoms with van der Waals surface area (Å²) in [6, 6.07) is 10.8. The fourth-order valence-corrected chi connectivity index (χ4v) is 4.26. The lowest BCUT2D eigenvalue weighted by Gasteiger charge is -2.38. The Morgan fingerprint density at radius 1 is 1.15 bits per heavy atom. The molecular weight excluding hydrogens is 420 g/mol. The largest absolute Gasteiger partial charge is 0.389 e. The topological polar surface area (TPSA) is 149 Å². The first kappa shape index (κ1) is 21.4. The van der Waals surface area contributed by atoms with Crippen molar-refractivity contribution in [3.63, 3.8) is 0 Å². The molecule has 2 aliphatic rings. The highest BCUT2D eigenvalue weighted by Gasteiger charge is 2.45. The van der Waals surface area contributed by atoms with Crippen molar-refractivity contribution >= 4 is 17.4 Å². The molecule has 3 aromatic rings. The molecule has 1 amide bonds. The van der Waals surface area contributed by atoms with E-state index in [1.807, 2.05) is 30.3 Å². The molecule has 0 radical (unpaired) electrons. The zero-order valence-electron chi connectivity index (χ0n) is 18.0. The van der Waals surface area contributed by atoms with Gasteiger partial charge in [0.1, 0.15) is 0 Å². The molecule has 33 heavy (non-hydrogen) atoms. The number of aliphatic hydroxyl groups excluding tert-OH is 1. The minimum absolute atomic E-state index is 0.0266. The number of nitrogens with two attached hydrogens (primary N) is 2. The zero-order chi connectivity index (χ0) is 22.9. The van der Waals surface area contributed by atoms with Gasteiger partial charge in [0.05, 0.1) is 42.1 Å². The van der Waals surface area contributed by atoms with Crippen molar-refractivity contribution in [2.75, 3.05) is 11.1 Å². The number of amides is 1. The van der Waals surface area contributed by atoms with Gasteiger partial charge >= 0.3 is 0 Å². The number of aromatic nitrogens is 3. The second-order valence-electron chi connectivity index (χ2n) is 8.59. The third kappa shape index (κ3) is 4.43. The molecular formula is C24H26N6O3. The number of aliphatic hydroxyl groups is 1. The second-order valence-corrected chi connectivity index (χ2v) is 8.59. The Morgan fingerprint density at radius 3 is 2.70 bits per heavy atom. The molecule has 5 rings (SSSR count). The molecule has 0 bridgehead atoms. The van der Waals surface area contributed by atoms with Gasteiger partial charge in [0, 0.05) is 23.4 Å². The van der Waals surface area contributed by atoms with Gasteiger partial charge in [-0.25, -0.2) is 9.97 Å². The first-order chi connectivity index (χ1) is 16.0. The van der Waals surface area contributed by atoms with Crippen molar-refractivity contribution in [1.82, 2.24) is 15.0 Å². The number of hydrogen-bond donors (Lipinski definition) is 4. The number of pyridine rings is 1. The van der Waals surface area contributed by atoms with Crippen molar-refractivity contribution in [1.29, 1.82) is 0 Å². The number of benzene rings is 1. The Balaban J connectivity index is 1.40. The number of nitrogen functional groups attached to an aromatic ring is 1. The van der Waals surface area contributed by atoms with E-state index in [-0.39, 0.29) is 23.7 Å². The summed E-state index contributed by atoms with van der Waals surface area (Å²) < 4.78 is 6.25. The Kier molecular flexibility index (Phi) is 5.76. The molecule has 4 atom stereocenters. The molecule has 170 valence electrons. The predicted octanol–water partition coefficient (Wildman–Crippen LogP) is 2.30. The number of nitrogens with zero attached hydrogens (tertiary/aromatic N) is 3. The summed E-state index contributed by atoms with van der Waals surface area (Å²) >= 11 is 0. The number of rotatable bonds is 5. The van der Waals surface area contributed by atoms with E-state index in [9.17, 15) is 9.90 Å². The second kappa shape index (κ2) is 8.86. The summed E-state index contributed by atoms with van der Waals surface area (Å²) in [4.78, 5) is 25.9. The summed E-state index contributed by atoms with van der Waals surface area (Å²) in [7, 11) is 0. The first-order valence-corrected chi connectivity index (χ1v) is 11.0. The normalized spacial score (nSPS) is 24.9. The average molecular weight is 447 g/mol. The number of hydrogen-bond acceptors (Lipinski definition) is 8. The van der Waals surface area contributed by atoms with Crippen LogP contribution in [-0.2, 0) is 4.74 Å². The number of carbonyl (C=O) groups is 1. The van der Waals surface area contributed by atoms with Gasteiger partial charge in [-0.1, -0.05) is 30.3 Å². The Labute approximate surface area is 191 Å². The number of nitrogens with one attached hydrogen (secondary N) is 1. The lowest BCUT2D eigenvalue weighted by Crippen LogP contribution is -2.50. The van der Waals surface area contributed by atoms with Crippen LogP contribution in [0.1, 0.15) is 41.4 Å². The van der Waals surface area contributed by atoms with Gasteiger partial charge in [-0.2, -0.15) is 0 Å². The third-order valence-corrected chi connectivity index (χ3v) is 6.20. The van der Waals surface area contributed by atoms with Crippen molar-refractivity contribution in [3.8, 4) is 11.3 Å². The molecule has 3 heterocycles. The van der Waals surface area contributed by atoms with Crippen LogP contribution < -0.4 is 16.8 Å². The summed E-state index contributed by atoms with van der Waals surface area (Å²) in [6.07, 6.45) is 5.86. The molecule has 1 saturated carbocycles. The molecule has 0 unspecified atom stereocenters. The maximum Gasteiger partial charge on any atom is 0.278 e. The standard InChI is InChI=1S/C24H26N6O3/c25-16-10-19(33-22(21(16)31)14-6-7-14)15-8-9-27-11-18(15)30-24(32)20-23(26)28-12-17(29-20)13-4-2-1-3-5-13/h1-5,8-9,11-12,14,16,19,21-22,31H,6-7,10,25H2,(H2,26,28)(H,30,32)/t16-,19-,21+,22-/m1/s1. The van der Waals surface area contributed by atoms with Gasteiger partial charge in [-0.05, 0) is 31.2 Å². The van der Waals surface area contributed by atoms with Crippen molar-refractivity contribution in [2.45, 2.75) is 43.6 Å². The van der Waals surface area contributed by atoms with Crippen LogP contribution >= 0.6 is 0 Å². The van der Waals surface area contributed by atoms with Gasteiger partial charge in [-0.3, -0.25) is 9.78 Å². The van der Waals surface area contributed by atoms with E-state index in [1.54, 1.807) is 18.5 Å². The van der Waals surface area contributed by atoms with Gasteiger partial charge in [-0.15, -0.1) is 0 Å². The number of ether oxygens (including phenoxy) is 1. The van der Waals surface area contributed by atoms with E-state index in [2.05, 4.69) is 20.3 Å². The molecule has 9 nitrogen and oxygen atoms in total. The molecule has 9 heteroatoms. The number of carbonyl (C=O) groups excluding carboxylic acids is 1. The Hall–Kier alpha value is -3.40. The lowest BCUT2D eigenvalue weighted by atomic mass is 9.90. The smallest absolute Gasteiger partial charge is 0.278 e. The van der Waals surface area contributed by atoms with Crippen LogP contribution in [-0.4, -0.2) is 44.2 Å². The quantitative estimate of drug-likeness (QED) is 0.466. The van der Waals surface area contributed by atoms with Crippen molar-refractivity contribution in [2.24, 2.45) is 11.7 Å². The van der Waals surface area contributed by atoms with E-state index >= 15 is 0 Å². The van der Waals surface area contributed by atoms with Crippen LogP contribution in [0, 0.1) is 5.92 Å². The molecule has 1 saturated heterocycles. The Bertz CT molecular complexity index is 1150. The molecule has 2 fully saturated rings. The highest BCUT2D eigenvalue weighted by molar-refractivity contribution is 6.06. The minimum atomic E-state index is -0.690. The SMILES string of the molecule is Nc1ncc(-c2ccccc2)nc1C(=O)Nc1cnccc1[C@H]1C[C@@H](N)[C@H](O)[C@@H](C2CC2)O1. The van der Waals surface area contributed by atoms with Crippen LogP contribution in [0.3, 0.4) is 0 Å². The van der Waals surface area contributed by atoms with Crippen LogP contribution in [0.4, 0.5) is 11.5 Å². The van der Waals surface area contributed by atoms with Crippen LogP contribution in [0.5, 0.6) is 0 Å².